The van der Waals surface area contributed by atoms with Gasteiger partial charge in [-0.1, -0.05) is 31.1 Å². The minimum atomic E-state index is -0.931. The Hall–Kier alpha value is -3.99. The number of carbonyl (C=O) groups excluding carboxylic acids is 4. The summed E-state index contributed by atoms with van der Waals surface area (Å²) in [5.74, 6) is -1.59. The van der Waals surface area contributed by atoms with Crippen molar-refractivity contribution in [2.45, 2.75) is 45.2 Å². The van der Waals surface area contributed by atoms with Crippen LogP contribution >= 0.6 is 0 Å². The number of anilines is 1. The molecule has 0 aromatic heterocycles. The van der Waals surface area contributed by atoms with Gasteiger partial charge >= 0.3 is 6.03 Å². The van der Waals surface area contributed by atoms with Crippen LogP contribution in [0.4, 0.5) is 10.5 Å². The van der Waals surface area contributed by atoms with Crippen molar-refractivity contribution in [2.24, 2.45) is 16.8 Å². The zero-order chi connectivity index (χ0) is 35.4. The van der Waals surface area contributed by atoms with Crippen LogP contribution in [0.15, 0.2) is 29.4 Å². The van der Waals surface area contributed by atoms with E-state index in [1.807, 2.05) is 0 Å². The van der Waals surface area contributed by atoms with Crippen LogP contribution in [0.3, 0.4) is 0 Å². The number of nitrogens with one attached hydrogen (secondary N) is 4. The molecule has 0 bridgehead atoms. The lowest BCUT2D eigenvalue weighted by atomic mass is 10.0. The van der Waals surface area contributed by atoms with Gasteiger partial charge < -0.3 is 50.7 Å². The fraction of sp³-hybridized carbons (Fsp3) is 0.645. The smallest absolute Gasteiger partial charge is 0.312 e. The summed E-state index contributed by atoms with van der Waals surface area (Å²) in [7, 11) is 0. The van der Waals surface area contributed by atoms with Crippen LogP contribution in [0, 0.1) is 12.8 Å². The third kappa shape index (κ3) is 21.7. The van der Waals surface area contributed by atoms with E-state index >= 15 is 0 Å². The molecule has 48 heavy (non-hydrogen) atoms. The zero-order valence-electron chi connectivity index (χ0n) is 27.9. The van der Waals surface area contributed by atoms with E-state index in [0.717, 1.165) is 5.56 Å². The van der Waals surface area contributed by atoms with Gasteiger partial charge in [-0.25, -0.2) is 4.79 Å². The minimum Gasteiger partial charge on any atom is -0.379 e. The molecule has 0 fully saturated rings. The summed E-state index contributed by atoms with van der Waals surface area (Å²) in [6, 6.07) is 4.39. The largest absolute Gasteiger partial charge is 0.379 e. The van der Waals surface area contributed by atoms with E-state index in [2.05, 4.69) is 38.2 Å². The van der Waals surface area contributed by atoms with Crippen molar-refractivity contribution in [3.63, 3.8) is 0 Å². The van der Waals surface area contributed by atoms with Crippen molar-refractivity contribution in [1.82, 2.24) is 16.0 Å². The van der Waals surface area contributed by atoms with Crippen LogP contribution < -0.4 is 27.0 Å². The van der Waals surface area contributed by atoms with Crippen molar-refractivity contribution in [3.8, 4) is 0 Å². The van der Waals surface area contributed by atoms with Gasteiger partial charge in [-0.15, -0.1) is 0 Å². The van der Waals surface area contributed by atoms with Crippen LogP contribution in [0.1, 0.15) is 38.7 Å². The summed E-state index contributed by atoms with van der Waals surface area (Å²) in [6.45, 7) is 11.4. The highest BCUT2D eigenvalue weighted by molar-refractivity contribution is 5.98. The van der Waals surface area contributed by atoms with Crippen molar-refractivity contribution >= 4 is 29.4 Å². The maximum absolute atomic E-state index is 13.2. The molecule has 269 valence electrons. The normalized spacial score (nSPS) is 12.1. The van der Waals surface area contributed by atoms with Gasteiger partial charge in [0.15, 0.2) is 0 Å². The maximum atomic E-state index is 13.2. The fourth-order valence-electron chi connectivity index (χ4n) is 3.94. The van der Waals surface area contributed by atoms with E-state index in [0.29, 0.717) is 71.5 Å². The zero-order valence-corrected chi connectivity index (χ0v) is 27.9. The van der Waals surface area contributed by atoms with Gasteiger partial charge in [-0.3, -0.25) is 14.4 Å². The number of primary amides is 1. The van der Waals surface area contributed by atoms with Crippen LogP contribution in [-0.2, 0) is 38.1 Å². The second-order valence-electron chi connectivity index (χ2n) is 10.7. The van der Waals surface area contributed by atoms with Crippen LogP contribution in [0.5, 0.6) is 0 Å². The summed E-state index contributed by atoms with van der Waals surface area (Å²) >= 11 is 0. The Balaban J connectivity index is 2.32. The average Bonchev–Trinajstić information content (AvgIpc) is 3.05. The number of ether oxygens (including phenoxy) is 5. The molecule has 0 saturated carbocycles. The summed E-state index contributed by atoms with van der Waals surface area (Å²) in [5, 5.41) is 14.1. The molecule has 0 aliphatic heterocycles. The predicted molar refractivity (Wildman–Crippen MR) is 178 cm³/mol. The predicted octanol–water partition coefficient (Wildman–Crippen LogP) is 1.66. The molecule has 2 atom stereocenters. The lowest BCUT2D eigenvalue weighted by Crippen LogP contribution is -2.54. The van der Waals surface area contributed by atoms with E-state index in [9.17, 15) is 19.2 Å². The molecule has 0 aliphatic rings. The number of rotatable bonds is 28. The maximum Gasteiger partial charge on any atom is 0.312 e. The van der Waals surface area contributed by atoms with Crippen molar-refractivity contribution in [2.75, 3.05) is 84.5 Å². The molecule has 0 saturated heterocycles. The summed E-state index contributed by atoms with van der Waals surface area (Å²) < 4.78 is 26.9. The first kappa shape index (κ1) is 42.0. The summed E-state index contributed by atoms with van der Waals surface area (Å²) in [5.41, 5.74) is 14.6. The number of hydrogen-bond donors (Lipinski definition) is 5. The molecule has 17 nitrogen and oxygen atoms in total. The molecule has 1 aromatic rings. The molecule has 1 radical (unpaired) electrons. The lowest BCUT2D eigenvalue weighted by Gasteiger charge is -2.25. The van der Waals surface area contributed by atoms with Gasteiger partial charge in [0.25, 0.3) is 0 Å². The number of carbonyl (C=O) groups is 4. The third-order valence-corrected chi connectivity index (χ3v) is 6.45. The van der Waals surface area contributed by atoms with E-state index in [-0.39, 0.29) is 44.4 Å². The molecule has 17 heteroatoms. The first-order chi connectivity index (χ1) is 23.1. The molecule has 0 heterocycles. The number of urea groups is 1. The highest BCUT2D eigenvalue weighted by Gasteiger charge is 2.28. The summed E-state index contributed by atoms with van der Waals surface area (Å²) in [4.78, 5) is 52.6. The van der Waals surface area contributed by atoms with Crippen molar-refractivity contribution < 1.29 is 42.9 Å². The summed E-state index contributed by atoms with van der Waals surface area (Å²) in [6.07, 6.45) is 0.629. The molecule has 0 spiro atoms. The van der Waals surface area contributed by atoms with Crippen LogP contribution in [0.25, 0.3) is 10.4 Å². The Morgan fingerprint density at radius 3 is 1.90 bits per heavy atom. The second kappa shape index (κ2) is 27.0. The standard InChI is InChI=1S/C31H51N8O9/c1-23(2)28(30(42)37-26(5-4-11-34-31(32)43)29(41)36-25-8-6-24(3)7-9-25)38-27(40)10-13-44-15-17-46-19-21-48-22-20-47-18-16-45-14-12-35-39-33/h6-9,23,26,28H,3-5,10-22H2,1-2H3,(H,36,41)(H,37,42)(H,38,40)(H3,32,34,43)/t26-,28-/m0/s1. The highest BCUT2D eigenvalue weighted by Crippen LogP contribution is 2.11. The monoisotopic (exact) mass is 679 g/mol. The Bertz CT molecular complexity index is 1120. The number of amides is 5. The molecular weight excluding hydrogens is 628 g/mol. The van der Waals surface area contributed by atoms with E-state index in [1.54, 1.807) is 38.1 Å². The van der Waals surface area contributed by atoms with E-state index < -0.39 is 29.9 Å². The Morgan fingerprint density at radius 2 is 1.38 bits per heavy atom. The van der Waals surface area contributed by atoms with Crippen molar-refractivity contribution in [1.29, 1.82) is 0 Å². The van der Waals surface area contributed by atoms with Gasteiger partial charge in [0, 0.05) is 30.1 Å². The second-order valence-corrected chi connectivity index (χ2v) is 10.7. The van der Waals surface area contributed by atoms with Crippen LogP contribution in [0.2, 0.25) is 0 Å². The number of nitrogens with two attached hydrogens (primary N) is 1. The Labute approximate surface area is 281 Å². The number of hydrogen-bond acceptors (Lipinski definition) is 10. The van der Waals surface area contributed by atoms with E-state index in [4.69, 9.17) is 34.9 Å². The Morgan fingerprint density at radius 1 is 0.833 bits per heavy atom. The molecule has 0 aliphatic carbocycles. The minimum absolute atomic E-state index is 0.0312. The van der Waals surface area contributed by atoms with Gasteiger partial charge in [0.05, 0.1) is 66.1 Å². The molecular formula is C31H51N8O9. The molecule has 6 N–H and O–H groups in total. The topological polar surface area (TPSA) is 237 Å². The number of nitrogens with zero attached hydrogens (tertiary/aromatic N) is 3. The average molecular weight is 680 g/mol. The highest BCUT2D eigenvalue weighted by atomic mass is 16.6. The van der Waals surface area contributed by atoms with E-state index in [1.165, 1.54) is 0 Å². The Kier molecular flexibility index (Phi) is 23.7. The number of azide groups is 1. The lowest BCUT2D eigenvalue weighted by molar-refractivity contribution is -0.132. The molecule has 1 rings (SSSR count). The molecule has 1 aromatic carbocycles. The fourth-order valence-corrected chi connectivity index (χ4v) is 3.94. The number of benzene rings is 1. The molecule has 0 unspecified atom stereocenters. The van der Waals surface area contributed by atoms with Crippen molar-refractivity contribution in [3.05, 3.63) is 47.2 Å². The van der Waals surface area contributed by atoms with Gasteiger partial charge in [0.2, 0.25) is 17.7 Å². The molecule has 5 amide bonds. The third-order valence-electron chi connectivity index (χ3n) is 6.45. The van der Waals surface area contributed by atoms with Crippen LogP contribution in [-0.4, -0.2) is 115 Å². The van der Waals surface area contributed by atoms with Gasteiger partial charge in [-0.05, 0) is 48.9 Å². The van der Waals surface area contributed by atoms with Gasteiger partial charge in [0.1, 0.15) is 12.1 Å². The first-order valence-electron chi connectivity index (χ1n) is 15.9. The first-order valence-corrected chi connectivity index (χ1v) is 15.9. The SMILES string of the molecule is [CH2]c1ccc(NC(=O)[C@H](CCCNC(N)=O)NC(=O)[C@@H](NC(=O)CCOCCOCCOCCOCCOCCN=[N+]=[N-])C(C)C)cc1. The quantitative estimate of drug-likeness (QED) is 0.0374. The van der Waals surface area contributed by atoms with Gasteiger partial charge in [-0.2, -0.15) is 0 Å².